The van der Waals surface area contributed by atoms with Gasteiger partial charge in [0, 0.05) is 41.7 Å². The molecule has 1 atom stereocenters. The van der Waals surface area contributed by atoms with Gasteiger partial charge in [0.15, 0.2) is 0 Å². The maximum atomic E-state index is 8.91. The SMILES string of the molecule is CC(CO)CNCc1cnc(-c2ccsc2)s1. The van der Waals surface area contributed by atoms with Crippen molar-refractivity contribution < 1.29 is 5.11 Å². The van der Waals surface area contributed by atoms with Crippen molar-refractivity contribution >= 4 is 22.7 Å². The van der Waals surface area contributed by atoms with Crippen LogP contribution in [0.25, 0.3) is 10.6 Å². The van der Waals surface area contributed by atoms with Gasteiger partial charge >= 0.3 is 0 Å². The molecule has 2 heterocycles. The summed E-state index contributed by atoms with van der Waals surface area (Å²) in [6, 6.07) is 2.09. The van der Waals surface area contributed by atoms with Gasteiger partial charge < -0.3 is 10.4 Å². The Bertz CT molecular complexity index is 439. The van der Waals surface area contributed by atoms with E-state index in [1.807, 2.05) is 13.1 Å². The zero-order chi connectivity index (χ0) is 12.1. The van der Waals surface area contributed by atoms with Crippen molar-refractivity contribution in [3.63, 3.8) is 0 Å². The van der Waals surface area contributed by atoms with E-state index in [2.05, 4.69) is 27.1 Å². The predicted molar refractivity (Wildman–Crippen MR) is 73.4 cm³/mol. The molecule has 2 aromatic heterocycles. The van der Waals surface area contributed by atoms with E-state index < -0.39 is 0 Å². The van der Waals surface area contributed by atoms with E-state index in [4.69, 9.17) is 5.11 Å². The number of aliphatic hydroxyl groups is 1. The van der Waals surface area contributed by atoms with E-state index in [0.717, 1.165) is 18.1 Å². The van der Waals surface area contributed by atoms with Gasteiger partial charge in [0.1, 0.15) is 5.01 Å². The Hall–Kier alpha value is -0.750. The first-order chi connectivity index (χ1) is 8.29. The molecule has 0 fully saturated rings. The lowest BCUT2D eigenvalue weighted by atomic mass is 10.2. The summed E-state index contributed by atoms with van der Waals surface area (Å²) >= 11 is 3.41. The molecular formula is C12H16N2OS2. The average Bonchev–Trinajstić information content (AvgIpc) is 2.98. The number of thiophene rings is 1. The average molecular weight is 268 g/mol. The van der Waals surface area contributed by atoms with E-state index >= 15 is 0 Å². The Kier molecular flexibility index (Phi) is 4.67. The largest absolute Gasteiger partial charge is 0.396 e. The first-order valence-corrected chi connectivity index (χ1v) is 7.34. The summed E-state index contributed by atoms with van der Waals surface area (Å²) in [5, 5.41) is 17.5. The Morgan fingerprint density at radius 2 is 2.41 bits per heavy atom. The normalized spacial score (nSPS) is 12.8. The Morgan fingerprint density at radius 1 is 1.53 bits per heavy atom. The molecule has 17 heavy (non-hydrogen) atoms. The van der Waals surface area contributed by atoms with Crippen LogP contribution in [0.4, 0.5) is 0 Å². The molecule has 0 aromatic carbocycles. The van der Waals surface area contributed by atoms with Crippen LogP contribution in [0.3, 0.4) is 0 Å². The molecule has 0 radical (unpaired) electrons. The van der Waals surface area contributed by atoms with Crippen LogP contribution in [0.15, 0.2) is 23.0 Å². The monoisotopic (exact) mass is 268 g/mol. The highest BCUT2D eigenvalue weighted by Gasteiger charge is 2.05. The summed E-state index contributed by atoms with van der Waals surface area (Å²) in [6.07, 6.45) is 1.92. The Balaban J connectivity index is 1.87. The van der Waals surface area contributed by atoms with Crippen molar-refractivity contribution in [3.05, 3.63) is 27.9 Å². The number of aliphatic hydroxyl groups excluding tert-OH is 1. The number of hydrogen-bond donors (Lipinski definition) is 2. The van der Waals surface area contributed by atoms with Crippen LogP contribution in [0.1, 0.15) is 11.8 Å². The maximum absolute atomic E-state index is 8.91. The van der Waals surface area contributed by atoms with Crippen molar-refractivity contribution in [2.45, 2.75) is 13.5 Å². The summed E-state index contributed by atoms with van der Waals surface area (Å²) in [6.45, 7) is 3.92. The molecule has 0 aliphatic heterocycles. The molecular weight excluding hydrogens is 252 g/mol. The third kappa shape index (κ3) is 3.61. The van der Waals surface area contributed by atoms with E-state index in [9.17, 15) is 0 Å². The van der Waals surface area contributed by atoms with E-state index in [1.165, 1.54) is 10.4 Å². The molecule has 3 nitrogen and oxygen atoms in total. The molecule has 0 aliphatic rings. The second-order valence-electron chi connectivity index (χ2n) is 4.06. The molecule has 0 bridgehead atoms. The lowest BCUT2D eigenvalue weighted by Crippen LogP contribution is -2.22. The third-order valence-corrected chi connectivity index (χ3v) is 4.16. The summed E-state index contributed by atoms with van der Waals surface area (Å²) in [4.78, 5) is 5.65. The fourth-order valence-corrected chi connectivity index (χ4v) is 3.01. The van der Waals surface area contributed by atoms with Crippen LogP contribution in [0.2, 0.25) is 0 Å². The highest BCUT2D eigenvalue weighted by Crippen LogP contribution is 2.26. The van der Waals surface area contributed by atoms with Crippen molar-refractivity contribution in [1.29, 1.82) is 0 Å². The fourth-order valence-electron chi connectivity index (χ4n) is 1.42. The molecule has 0 saturated heterocycles. The Morgan fingerprint density at radius 3 is 3.12 bits per heavy atom. The number of hydrogen-bond acceptors (Lipinski definition) is 5. The van der Waals surface area contributed by atoms with Gasteiger partial charge in [-0.25, -0.2) is 4.98 Å². The van der Waals surface area contributed by atoms with Crippen molar-refractivity contribution in [2.24, 2.45) is 5.92 Å². The van der Waals surface area contributed by atoms with E-state index in [-0.39, 0.29) is 6.61 Å². The molecule has 0 aliphatic carbocycles. The minimum atomic E-state index is 0.232. The Labute approximate surface area is 109 Å². The number of rotatable bonds is 6. The zero-order valence-corrected chi connectivity index (χ0v) is 11.4. The summed E-state index contributed by atoms with van der Waals surface area (Å²) in [7, 11) is 0. The smallest absolute Gasteiger partial charge is 0.124 e. The molecule has 0 spiro atoms. The molecule has 5 heteroatoms. The van der Waals surface area contributed by atoms with Crippen molar-refractivity contribution in [3.8, 4) is 10.6 Å². The van der Waals surface area contributed by atoms with Crippen LogP contribution in [-0.2, 0) is 6.54 Å². The fraction of sp³-hybridized carbons (Fsp3) is 0.417. The number of aromatic nitrogens is 1. The van der Waals surface area contributed by atoms with Gasteiger partial charge in [0.05, 0.1) is 0 Å². The number of nitrogens with one attached hydrogen (secondary N) is 1. The first-order valence-electron chi connectivity index (χ1n) is 5.58. The highest BCUT2D eigenvalue weighted by atomic mass is 32.1. The summed E-state index contributed by atoms with van der Waals surface area (Å²) < 4.78 is 0. The van der Waals surface area contributed by atoms with Gasteiger partial charge in [-0.15, -0.1) is 11.3 Å². The second kappa shape index (κ2) is 6.26. The molecule has 92 valence electrons. The first kappa shape index (κ1) is 12.7. The minimum absolute atomic E-state index is 0.232. The van der Waals surface area contributed by atoms with Crippen LogP contribution < -0.4 is 5.32 Å². The van der Waals surface area contributed by atoms with E-state index in [0.29, 0.717) is 5.92 Å². The standard InChI is InChI=1S/C12H16N2OS2/c1-9(7-15)4-13-5-11-6-14-12(17-11)10-2-3-16-8-10/h2-3,6,8-9,13,15H,4-5,7H2,1H3. The van der Waals surface area contributed by atoms with Gasteiger partial charge in [0.2, 0.25) is 0 Å². The number of nitrogens with zero attached hydrogens (tertiary/aromatic N) is 1. The molecule has 2 N–H and O–H groups in total. The second-order valence-corrected chi connectivity index (χ2v) is 5.96. The molecule has 1 unspecified atom stereocenters. The lowest BCUT2D eigenvalue weighted by Gasteiger charge is -2.07. The van der Waals surface area contributed by atoms with Crippen molar-refractivity contribution in [1.82, 2.24) is 10.3 Å². The highest BCUT2D eigenvalue weighted by molar-refractivity contribution is 7.15. The summed E-state index contributed by atoms with van der Waals surface area (Å²) in [5.74, 6) is 0.305. The van der Waals surface area contributed by atoms with Crippen LogP contribution in [0.5, 0.6) is 0 Å². The molecule has 0 saturated carbocycles. The number of thiazole rings is 1. The van der Waals surface area contributed by atoms with Crippen molar-refractivity contribution in [2.75, 3.05) is 13.2 Å². The zero-order valence-electron chi connectivity index (χ0n) is 9.72. The van der Waals surface area contributed by atoms with Gasteiger partial charge in [-0.2, -0.15) is 11.3 Å². The molecule has 2 rings (SSSR count). The van der Waals surface area contributed by atoms with Gasteiger partial charge in [-0.3, -0.25) is 0 Å². The van der Waals surface area contributed by atoms with Crippen LogP contribution in [-0.4, -0.2) is 23.2 Å². The maximum Gasteiger partial charge on any atom is 0.124 e. The lowest BCUT2D eigenvalue weighted by molar-refractivity contribution is 0.233. The predicted octanol–water partition coefficient (Wildman–Crippen LogP) is 2.59. The van der Waals surface area contributed by atoms with Crippen LogP contribution >= 0.6 is 22.7 Å². The molecule has 0 amide bonds. The topological polar surface area (TPSA) is 45.1 Å². The minimum Gasteiger partial charge on any atom is -0.396 e. The molecule has 2 aromatic rings. The summed E-state index contributed by atoms with van der Waals surface area (Å²) in [5.41, 5.74) is 1.20. The third-order valence-electron chi connectivity index (χ3n) is 2.43. The van der Waals surface area contributed by atoms with E-state index in [1.54, 1.807) is 22.7 Å². The quantitative estimate of drug-likeness (QED) is 0.846. The van der Waals surface area contributed by atoms with Gasteiger partial charge in [0.25, 0.3) is 0 Å². The van der Waals surface area contributed by atoms with Gasteiger partial charge in [-0.05, 0) is 17.4 Å². The van der Waals surface area contributed by atoms with Crippen LogP contribution in [0, 0.1) is 5.92 Å². The van der Waals surface area contributed by atoms with Gasteiger partial charge in [-0.1, -0.05) is 6.92 Å².